The molecule has 0 fully saturated rings. The van der Waals surface area contributed by atoms with Crippen LogP contribution in [0.3, 0.4) is 0 Å². The SMILES string of the molecule is C=CC(=O)Nc1cnn(CCOC)c1-c1cc2cnc(-c3c(Cl)c(OC)cc(OC)c3I)cc2cn1. The van der Waals surface area contributed by atoms with E-state index in [-0.39, 0.29) is 5.91 Å². The van der Waals surface area contributed by atoms with Gasteiger partial charge in [0, 0.05) is 41.9 Å². The molecule has 0 radical (unpaired) electrons. The van der Waals surface area contributed by atoms with Gasteiger partial charge in [0.25, 0.3) is 0 Å². The molecule has 3 aromatic heterocycles. The van der Waals surface area contributed by atoms with E-state index in [1.165, 1.54) is 6.08 Å². The van der Waals surface area contributed by atoms with Crippen molar-refractivity contribution in [3.63, 3.8) is 0 Å². The van der Waals surface area contributed by atoms with Gasteiger partial charge in [-0.15, -0.1) is 0 Å². The first kappa shape index (κ1) is 25.9. The molecule has 11 heteroatoms. The van der Waals surface area contributed by atoms with E-state index in [9.17, 15) is 4.79 Å². The van der Waals surface area contributed by atoms with Gasteiger partial charge in [0.1, 0.15) is 17.2 Å². The van der Waals surface area contributed by atoms with Crippen LogP contribution in [0.4, 0.5) is 5.69 Å². The van der Waals surface area contributed by atoms with Gasteiger partial charge >= 0.3 is 0 Å². The van der Waals surface area contributed by atoms with E-state index in [1.807, 2.05) is 12.1 Å². The number of amides is 1. The van der Waals surface area contributed by atoms with Crippen LogP contribution in [-0.4, -0.2) is 53.6 Å². The molecule has 1 aromatic carbocycles. The maximum atomic E-state index is 12.0. The van der Waals surface area contributed by atoms with Crippen LogP contribution in [0.2, 0.25) is 5.02 Å². The highest BCUT2D eigenvalue weighted by atomic mass is 127. The van der Waals surface area contributed by atoms with Crippen molar-refractivity contribution in [2.24, 2.45) is 0 Å². The van der Waals surface area contributed by atoms with Gasteiger partial charge in [0.05, 0.1) is 59.2 Å². The zero-order valence-electron chi connectivity index (χ0n) is 19.8. The lowest BCUT2D eigenvalue weighted by Gasteiger charge is -2.15. The number of halogens is 2. The van der Waals surface area contributed by atoms with Crippen molar-refractivity contribution in [1.29, 1.82) is 0 Å². The number of hydrogen-bond donors (Lipinski definition) is 1. The number of methoxy groups -OCH3 is 3. The Bertz CT molecular complexity index is 1430. The van der Waals surface area contributed by atoms with E-state index in [1.54, 1.807) is 50.7 Å². The molecule has 0 unspecified atom stereocenters. The molecule has 3 heterocycles. The molecule has 4 rings (SSSR count). The van der Waals surface area contributed by atoms with Crippen molar-refractivity contribution in [3.05, 3.63) is 58.0 Å². The molecule has 0 saturated carbocycles. The average molecular weight is 620 g/mol. The van der Waals surface area contributed by atoms with Gasteiger partial charge in [0.15, 0.2) is 0 Å². The lowest BCUT2D eigenvalue weighted by molar-refractivity contribution is -0.111. The number of aromatic nitrogens is 4. The second-order valence-electron chi connectivity index (χ2n) is 7.59. The molecule has 1 N–H and O–H groups in total. The van der Waals surface area contributed by atoms with Crippen LogP contribution < -0.4 is 14.8 Å². The predicted molar refractivity (Wildman–Crippen MR) is 148 cm³/mol. The van der Waals surface area contributed by atoms with Crippen molar-refractivity contribution < 1.29 is 19.0 Å². The fourth-order valence-electron chi connectivity index (χ4n) is 3.69. The highest BCUT2D eigenvalue weighted by Crippen LogP contribution is 2.43. The number of nitrogens with zero attached hydrogens (tertiary/aromatic N) is 4. The molecule has 0 saturated heterocycles. The van der Waals surface area contributed by atoms with E-state index in [2.05, 4.69) is 49.6 Å². The van der Waals surface area contributed by atoms with Crippen LogP contribution >= 0.6 is 34.2 Å². The normalized spacial score (nSPS) is 10.9. The minimum Gasteiger partial charge on any atom is -0.495 e. The van der Waals surface area contributed by atoms with Crippen LogP contribution in [0.1, 0.15) is 0 Å². The van der Waals surface area contributed by atoms with Gasteiger partial charge < -0.3 is 19.5 Å². The Morgan fingerprint density at radius 2 is 1.75 bits per heavy atom. The molecule has 0 aliphatic rings. The van der Waals surface area contributed by atoms with Gasteiger partial charge in [-0.3, -0.25) is 19.4 Å². The number of fused-ring (bicyclic) bond motifs is 1. The van der Waals surface area contributed by atoms with Gasteiger partial charge in [0.2, 0.25) is 5.91 Å². The molecule has 36 heavy (non-hydrogen) atoms. The summed E-state index contributed by atoms with van der Waals surface area (Å²) in [5.74, 6) is 0.799. The van der Waals surface area contributed by atoms with Gasteiger partial charge in [-0.05, 0) is 40.8 Å². The fourth-order valence-corrected chi connectivity index (χ4v) is 5.10. The highest BCUT2D eigenvalue weighted by Gasteiger charge is 2.20. The second-order valence-corrected chi connectivity index (χ2v) is 9.04. The van der Waals surface area contributed by atoms with E-state index < -0.39 is 0 Å². The van der Waals surface area contributed by atoms with Crippen molar-refractivity contribution >= 4 is 56.6 Å². The first-order valence-corrected chi connectivity index (χ1v) is 12.2. The van der Waals surface area contributed by atoms with Crippen LogP contribution in [0.15, 0.2) is 49.4 Å². The Balaban J connectivity index is 1.81. The molecule has 9 nitrogen and oxygen atoms in total. The number of benzene rings is 1. The van der Waals surface area contributed by atoms with E-state index in [0.29, 0.717) is 58.0 Å². The van der Waals surface area contributed by atoms with Crippen LogP contribution in [0.25, 0.3) is 33.4 Å². The maximum Gasteiger partial charge on any atom is 0.247 e. The Kier molecular flexibility index (Phi) is 8.07. The summed E-state index contributed by atoms with van der Waals surface area (Å²) in [6, 6.07) is 5.56. The largest absolute Gasteiger partial charge is 0.495 e. The Morgan fingerprint density at radius 1 is 1.08 bits per heavy atom. The maximum absolute atomic E-state index is 12.0. The molecule has 0 aliphatic heterocycles. The molecular weight excluding hydrogens is 597 g/mol. The van der Waals surface area contributed by atoms with Crippen molar-refractivity contribution in [3.8, 4) is 34.1 Å². The molecule has 0 spiro atoms. The summed E-state index contributed by atoms with van der Waals surface area (Å²) in [7, 11) is 4.77. The van der Waals surface area contributed by atoms with E-state index >= 15 is 0 Å². The number of rotatable bonds is 9. The number of anilines is 1. The van der Waals surface area contributed by atoms with Crippen LogP contribution in [0.5, 0.6) is 11.5 Å². The zero-order valence-corrected chi connectivity index (χ0v) is 22.8. The number of carbonyl (C=O) groups excluding carboxylic acids is 1. The monoisotopic (exact) mass is 619 g/mol. The standard InChI is InChI=1S/C25H23ClIN5O4/c1-5-21(33)31-18-13-30-32(6-7-34-2)25(18)17-9-15-11-28-16(8-14(15)12-29-17)22-23(26)19(35-3)10-20(36-4)24(22)27/h5,8-13H,1,6-7H2,2-4H3,(H,31,33). The predicted octanol–water partition coefficient (Wildman–Crippen LogP) is 5.21. The third kappa shape index (κ3) is 5.01. The number of nitrogens with one attached hydrogen (secondary N) is 1. The third-order valence-electron chi connectivity index (χ3n) is 5.47. The minimum absolute atomic E-state index is 0.338. The lowest BCUT2D eigenvalue weighted by atomic mass is 10.1. The van der Waals surface area contributed by atoms with E-state index in [0.717, 1.165) is 14.3 Å². The summed E-state index contributed by atoms with van der Waals surface area (Å²) >= 11 is 8.84. The Morgan fingerprint density at radius 3 is 2.39 bits per heavy atom. The second kappa shape index (κ2) is 11.2. The number of hydrogen-bond acceptors (Lipinski definition) is 7. The molecule has 186 valence electrons. The zero-order chi connectivity index (χ0) is 25.8. The minimum atomic E-state index is -0.338. The van der Waals surface area contributed by atoms with Crippen molar-refractivity contribution in [1.82, 2.24) is 19.7 Å². The fraction of sp³-hybridized carbons (Fsp3) is 0.200. The number of pyridine rings is 2. The van der Waals surface area contributed by atoms with Crippen LogP contribution in [-0.2, 0) is 16.1 Å². The van der Waals surface area contributed by atoms with Gasteiger partial charge in [-0.2, -0.15) is 5.10 Å². The molecule has 0 bridgehead atoms. The van der Waals surface area contributed by atoms with E-state index in [4.69, 9.17) is 25.8 Å². The molecule has 0 aliphatic carbocycles. The smallest absolute Gasteiger partial charge is 0.247 e. The average Bonchev–Trinajstić information content (AvgIpc) is 3.29. The molecule has 4 aromatic rings. The van der Waals surface area contributed by atoms with Crippen LogP contribution in [0, 0.1) is 3.57 Å². The number of ether oxygens (including phenoxy) is 3. The Labute approximate surface area is 226 Å². The highest BCUT2D eigenvalue weighted by molar-refractivity contribution is 14.1. The summed E-state index contributed by atoms with van der Waals surface area (Å²) in [5.41, 5.74) is 3.18. The number of carbonyl (C=O) groups is 1. The summed E-state index contributed by atoms with van der Waals surface area (Å²) < 4.78 is 18.7. The Hall–Kier alpha value is -3.22. The third-order valence-corrected chi connectivity index (χ3v) is 6.91. The summed E-state index contributed by atoms with van der Waals surface area (Å²) in [6.07, 6.45) is 6.29. The van der Waals surface area contributed by atoms with Gasteiger partial charge in [-0.1, -0.05) is 18.2 Å². The van der Waals surface area contributed by atoms with Crippen molar-refractivity contribution in [2.45, 2.75) is 6.54 Å². The quantitative estimate of drug-likeness (QED) is 0.203. The molecular formula is C25H23ClIN5O4. The summed E-state index contributed by atoms with van der Waals surface area (Å²) in [5, 5.41) is 9.35. The first-order chi connectivity index (χ1) is 17.4. The first-order valence-electron chi connectivity index (χ1n) is 10.8. The topological polar surface area (TPSA) is 100 Å². The lowest BCUT2D eigenvalue weighted by Crippen LogP contribution is -2.11. The summed E-state index contributed by atoms with van der Waals surface area (Å²) in [4.78, 5) is 21.3. The summed E-state index contributed by atoms with van der Waals surface area (Å²) in [6.45, 7) is 4.45. The van der Waals surface area contributed by atoms with Crippen molar-refractivity contribution in [2.75, 3.05) is 33.3 Å². The molecule has 0 atom stereocenters. The molecule has 1 amide bonds. The van der Waals surface area contributed by atoms with Gasteiger partial charge in [-0.25, -0.2) is 0 Å².